The van der Waals surface area contributed by atoms with E-state index in [2.05, 4.69) is 14.9 Å². The van der Waals surface area contributed by atoms with Gasteiger partial charge in [0, 0.05) is 23.2 Å². The van der Waals surface area contributed by atoms with Gasteiger partial charge in [-0.2, -0.15) is 0 Å². The van der Waals surface area contributed by atoms with Crippen molar-refractivity contribution >= 4 is 23.6 Å². The third-order valence-electron chi connectivity index (χ3n) is 5.80. The zero-order valence-corrected chi connectivity index (χ0v) is 18.6. The van der Waals surface area contributed by atoms with Crippen LogP contribution in [0, 0.1) is 5.92 Å². The van der Waals surface area contributed by atoms with Crippen LogP contribution in [0.4, 0.5) is 5.69 Å². The molecule has 4 rings (SSSR count). The van der Waals surface area contributed by atoms with E-state index in [0.717, 1.165) is 42.5 Å². The van der Waals surface area contributed by atoms with Crippen LogP contribution in [0.3, 0.4) is 0 Å². The first-order valence-corrected chi connectivity index (χ1v) is 11.2. The van der Waals surface area contributed by atoms with Crippen molar-refractivity contribution in [1.29, 1.82) is 0 Å². The predicted molar refractivity (Wildman–Crippen MR) is 125 cm³/mol. The van der Waals surface area contributed by atoms with Crippen molar-refractivity contribution in [2.45, 2.75) is 38.6 Å². The van der Waals surface area contributed by atoms with Crippen LogP contribution in [-0.2, 0) is 20.9 Å². The number of methoxy groups -OCH3 is 1. The second-order valence-electron chi connectivity index (χ2n) is 8.08. The second kappa shape index (κ2) is 10.7. The molecular formula is C26H27N3O4. The van der Waals surface area contributed by atoms with Crippen LogP contribution in [0.15, 0.2) is 65.1 Å². The lowest BCUT2D eigenvalue weighted by atomic mass is 9.88. The van der Waals surface area contributed by atoms with E-state index in [1.54, 1.807) is 11.0 Å². The van der Waals surface area contributed by atoms with Gasteiger partial charge in [-0.05, 0) is 48.7 Å². The number of rotatable bonds is 7. The molecule has 1 amide bonds. The first kappa shape index (κ1) is 22.5. The van der Waals surface area contributed by atoms with Gasteiger partial charge < -0.3 is 14.1 Å². The van der Waals surface area contributed by atoms with Crippen molar-refractivity contribution in [3.63, 3.8) is 0 Å². The Morgan fingerprint density at radius 1 is 1.06 bits per heavy atom. The fraction of sp³-hybridized carbons (Fsp3) is 0.308. The second-order valence-corrected chi connectivity index (χ2v) is 8.08. The Morgan fingerprint density at radius 3 is 2.61 bits per heavy atom. The molecule has 2 aromatic carbocycles. The van der Waals surface area contributed by atoms with Gasteiger partial charge >= 0.3 is 5.97 Å². The number of ether oxygens (including phenoxy) is 1. The first-order valence-electron chi connectivity index (χ1n) is 11.2. The lowest BCUT2D eigenvalue weighted by Gasteiger charge is -2.28. The number of aromatic nitrogens is 2. The summed E-state index contributed by atoms with van der Waals surface area (Å²) in [6.45, 7) is 0.180. The summed E-state index contributed by atoms with van der Waals surface area (Å²) >= 11 is 0. The minimum Gasteiger partial charge on any atom is -0.466 e. The topological polar surface area (TPSA) is 85.5 Å². The molecule has 0 spiro atoms. The molecule has 0 radical (unpaired) electrons. The number of hydrogen-bond donors (Lipinski definition) is 0. The van der Waals surface area contributed by atoms with Crippen LogP contribution in [0.2, 0.25) is 0 Å². The van der Waals surface area contributed by atoms with Gasteiger partial charge in [0.15, 0.2) is 0 Å². The highest BCUT2D eigenvalue weighted by Crippen LogP contribution is 2.29. The molecule has 1 aliphatic rings. The van der Waals surface area contributed by atoms with Crippen molar-refractivity contribution < 1.29 is 18.7 Å². The average molecular weight is 446 g/mol. The van der Waals surface area contributed by atoms with Gasteiger partial charge in [-0.25, -0.2) is 4.79 Å². The minimum atomic E-state index is -0.435. The molecule has 0 bridgehead atoms. The maximum atomic E-state index is 13.5. The van der Waals surface area contributed by atoms with Crippen LogP contribution < -0.4 is 4.90 Å². The third-order valence-corrected chi connectivity index (χ3v) is 5.80. The Kier molecular flexibility index (Phi) is 7.29. The number of nitrogens with zero attached hydrogens (tertiary/aromatic N) is 3. The van der Waals surface area contributed by atoms with Gasteiger partial charge in [0.25, 0.3) is 0 Å². The fourth-order valence-corrected chi connectivity index (χ4v) is 4.05. The van der Waals surface area contributed by atoms with E-state index in [1.165, 1.54) is 19.6 Å². The molecule has 170 valence electrons. The number of carbonyl (C=O) groups excluding carboxylic acids is 2. The molecule has 0 saturated heterocycles. The molecule has 7 nitrogen and oxygen atoms in total. The molecule has 1 saturated carbocycles. The van der Waals surface area contributed by atoms with E-state index in [1.807, 2.05) is 54.6 Å². The molecule has 1 aromatic heterocycles. The molecular weight excluding hydrogens is 418 g/mol. The Bertz CT molecular complexity index is 1120. The largest absolute Gasteiger partial charge is 0.466 e. The summed E-state index contributed by atoms with van der Waals surface area (Å²) in [5, 5.41) is 8.36. The quantitative estimate of drug-likeness (QED) is 0.374. The highest BCUT2D eigenvalue weighted by atomic mass is 16.5. The average Bonchev–Trinajstić information content (AvgIpc) is 3.35. The van der Waals surface area contributed by atoms with Crippen molar-refractivity contribution in [2.75, 3.05) is 12.0 Å². The number of benzene rings is 2. The van der Waals surface area contributed by atoms with E-state index in [4.69, 9.17) is 4.42 Å². The Labute approximate surface area is 193 Å². The molecule has 0 aliphatic heterocycles. The van der Waals surface area contributed by atoms with E-state index in [-0.39, 0.29) is 18.4 Å². The van der Waals surface area contributed by atoms with Crippen LogP contribution in [-0.4, -0.2) is 29.2 Å². The fourth-order valence-electron chi connectivity index (χ4n) is 4.05. The summed E-state index contributed by atoms with van der Waals surface area (Å²) in [5.74, 6) is 0.390. The summed E-state index contributed by atoms with van der Waals surface area (Å²) in [7, 11) is 1.34. The summed E-state index contributed by atoms with van der Waals surface area (Å²) in [5.41, 5.74) is 2.34. The molecule has 1 fully saturated rings. The lowest BCUT2D eigenvalue weighted by molar-refractivity contribution is -0.134. The highest BCUT2D eigenvalue weighted by molar-refractivity contribution is 5.95. The Morgan fingerprint density at radius 2 is 1.85 bits per heavy atom. The summed E-state index contributed by atoms with van der Waals surface area (Å²) < 4.78 is 10.6. The molecule has 0 unspecified atom stereocenters. The number of hydrogen-bond acceptors (Lipinski definition) is 6. The Hall–Kier alpha value is -3.74. The van der Waals surface area contributed by atoms with Gasteiger partial charge in [0.1, 0.15) is 6.54 Å². The lowest BCUT2D eigenvalue weighted by Crippen LogP contribution is -2.36. The summed E-state index contributed by atoms with van der Waals surface area (Å²) in [4.78, 5) is 26.7. The standard InChI is InChI=1S/C26H27N3O4/c1-32-24(30)16-15-19-9-8-14-22(17-19)29(26(31)21-12-6-3-7-13-21)18-23-27-28-25(33-23)20-10-4-2-5-11-20/h2,4-5,8-11,14-17,21H,3,6-7,12-13,18H2,1H3/b16-15+. The van der Waals surface area contributed by atoms with Gasteiger partial charge in [0.2, 0.25) is 17.7 Å². The van der Waals surface area contributed by atoms with Crippen LogP contribution in [0.1, 0.15) is 43.6 Å². The van der Waals surface area contributed by atoms with Crippen LogP contribution >= 0.6 is 0 Å². The van der Waals surface area contributed by atoms with E-state index in [9.17, 15) is 9.59 Å². The summed E-state index contributed by atoms with van der Waals surface area (Å²) in [6.07, 6.45) is 8.08. The Balaban J connectivity index is 1.62. The minimum absolute atomic E-state index is 0.0236. The van der Waals surface area contributed by atoms with Crippen LogP contribution in [0.5, 0.6) is 0 Å². The van der Waals surface area contributed by atoms with Gasteiger partial charge in [-0.1, -0.05) is 49.6 Å². The number of anilines is 1. The number of carbonyl (C=O) groups is 2. The van der Waals surface area contributed by atoms with Gasteiger partial charge in [-0.15, -0.1) is 10.2 Å². The van der Waals surface area contributed by atoms with Crippen molar-refractivity contribution in [3.05, 3.63) is 72.1 Å². The monoisotopic (exact) mass is 445 g/mol. The normalized spacial score (nSPS) is 14.3. The van der Waals surface area contributed by atoms with Gasteiger partial charge in [0.05, 0.1) is 7.11 Å². The first-order chi connectivity index (χ1) is 16.1. The molecule has 33 heavy (non-hydrogen) atoms. The van der Waals surface area contributed by atoms with Crippen molar-refractivity contribution in [2.24, 2.45) is 5.92 Å². The SMILES string of the molecule is COC(=O)/C=C/c1cccc(N(Cc2nnc(-c3ccccc3)o2)C(=O)C2CCCCC2)c1. The zero-order chi connectivity index (χ0) is 23.0. The van der Waals surface area contributed by atoms with Crippen molar-refractivity contribution in [1.82, 2.24) is 10.2 Å². The highest BCUT2D eigenvalue weighted by Gasteiger charge is 2.28. The smallest absolute Gasteiger partial charge is 0.330 e. The zero-order valence-electron chi connectivity index (χ0n) is 18.6. The molecule has 0 atom stereocenters. The third kappa shape index (κ3) is 5.74. The maximum absolute atomic E-state index is 13.5. The molecule has 3 aromatic rings. The van der Waals surface area contributed by atoms with Crippen LogP contribution in [0.25, 0.3) is 17.5 Å². The molecule has 1 aliphatic carbocycles. The molecule has 7 heteroatoms. The van der Waals surface area contributed by atoms with E-state index >= 15 is 0 Å². The van der Waals surface area contributed by atoms with E-state index < -0.39 is 5.97 Å². The number of amides is 1. The number of esters is 1. The molecule has 0 N–H and O–H groups in total. The maximum Gasteiger partial charge on any atom is 0.330 e. The predicted octanol–water partition coefficient (Wildman–Crippen LogP) is 5.04. The van der Waals surface area contributed by atoms with E-state index in [0.29, 0.717) is 11.8 Å². The molecule has 1 heterocycles. The summed E-state index contributed by atoms with van der Waals surface area (Å²) in [6, 6.07) is 17.0. The van der Waals surface area contributed by atoms with Gasteiger partial charge in [-0.3, -0.25) is 4.79 Å². The van der Waals surface area contributed by atoms with Crippen molar-refractivity contribution in [3.8, 4) is 11.5 Å².